The van der Waals surface area contributed by atoms with Crippen LogP contribution >= 0.6 is 0 Å². The fourth-order valence-electron chi connectivity index (χ4n) is 9.57. The average molecular weight is 387 g/mol. The summed E-state index contributed by atoms with van der Waals surface area (Å²) in [6, 6.07) is 0. The van der Waals surface area contributed by atoms with Gasteiger partial charge in [-0.15, -0.1) is 0 Å². The van der Waals surface area contributed by atoms with Gasteiger partial charge in [0.2, 0.25) is 0 Å². The van der Waals surface area contributed by atoms with Gasteiger partial charge in [0.1, 0.15) is 12.2 Å². The molecule has 4 heteroatoms. The molecule has 4 N–H and O–H groups in total. The molecule has 154 valence electrons. The molecule has 0 radical (unpaired) electrons. The van der Waals surface area contributed by atoms with Crippen molar-refractivity contribution in [2.75, 3.05) is 6.61 Å². The largest absolute Gasteiger partial charge is 0.393 e. The molecule has 5 unspecified atom stereocenters. The van der Waals surface area contributed by atoms with Crippen LogP contribution in [0.1, 0.15) is 58.8 Å². The summed E-state index contributed by atoms with van der Waals surface area (Å²) >= 11 is 0. The fraction of sp³-hybridized carbons (Fsp3) is 0.917. The van der Waals surface area contributed by atoms with Crippen molar-refractivity contribution in [3.05, 3.63) is 0 Å². The van der Waals surface area contributed by atoms with Gasteiger partial charge in [-0.3, -0.25) is 0 Å². The van der Waals surface area contributed by atoms with Crippen molar-refractivity contribution in [3.8, 4) is 11.8 Å². The van der Waals surface area contributed by atoms with E-state index in [2.05, 4.69) is 25.7 Å². The Morgan fingerprint density at radius 3 is 2.39 bits per heavy atom. The third kappa shape index (κ3) is 1.81. The molecule has 6 fully saturated rings. The lowest BCUT2D eigenvalue weighted by atomic mass is 9.42. The minimum absolute atomic E-state index is 0.113. The SMILES string of the molecule is C[C@]12CCC3C(C4C[C@H]4[C@]4(O)C[C@@H](O)CC[C@]34C)C1C1C[C@@H]1[C@@]2(O)C#CCO. The molecule has 0 aliphatic heterocycles. The van der Waals surface area contributed by atoms with Gasteiger partial charge in [-0.25, -0.2) is 0 Å². The lowest BCUT2D eigenvalue weighted by molar-refractivity contribution is -0.233. The van der Waals surface area contributed by atoms with Crippen molar-refractivity contribution in [2.24, 2.45) is 52.3 Å². The molecule has 6 aliphatic carbocycles. The summed E-state index contributed by atoms with van der Waals surface area (Å²) in [6.45, 7) is 4.38. The van der Waals surface area contributed by atoms with Crippen molar-refractivity contribution in [1.82, 2.24) is 0 Å². The first-order valence-electron chi connectivity index (χ1n) is 11.4. The number of hydrogen-bond acceptors (Lipinski definition) is 4. The van der Waals surface area contributed by atoms with Gasteiger partial charge in [0, 0.05) is 17.8 Å². The van der Waals surface area contributed by atoms with E-state index >= 15 is 0 Å². The van der Waals surface area contributed by atoms with Crippen LogP contribution in [0.5, 0.6) is 0 Å². The normalized spacial score (nSPS) is 65.6. The van der Waals surface area contributed by atoms with Crippen molar-refractivity contribution in [2.45, 2.75) is 76.1 Å². The van der Waals surface area contributed by atoms with E-state index in [1.165, 1.54) is 0 Å². The molecule has 0 spiro atoms. The number of aliphatic hydroxyl groups excluding tert-OH is 2. The Hall–Kier alpha value is -0.600. The van der Waals surface area contributed by atoms with Gasteiger partial charge in [-0.1, -0.05) is 25.7 Å². The maximum atomic E-state index is 11.8. The van der Waals surface area contributed by atoms with Crippen LogP contribution in [0.4, 0.5) is 0 Å². The minimum atomic E-state index is -0.960. The second-order valence-electron chi connectivity index (χ2n) is 11.6. The first-order chi connectivity index (χ1) is 13.2. The second kappa shape index (κ2) is 5.17. The van der Waals surface area contributed by atoms with Crippen LogP contribution in [0.25, 0.3) is 0 Å². The summed E-state index contributed by atoms with van der Waals surface area (Å²) in [5, 5.41) is 43.1. The molecule has 0 saturated heterocycles. The Bertz CT molecular complexity index is 785. The van der Waals surface area contributed by atoms with Crippen LogP contribution in [0.15, 0.2) is 0 Å². The smallest absolute Gasteiger partial charge is 0.134 e. The van der Waals surface area contributed by atoms with E-state index in [-0.39, 0.29) is 29.5 Å². The van der Waals surface area contributed by atoms with Crippen molar-refractivity contribution in [3.63, 3.8) is 0 Å². The van der Waals surface area contributed by atoms with Gasteiger partial charge >= 0.3 is 0 Å². The zero-order chi connectivity index (χ0) is 19.7. The van der Waals surface area contributed by atoms with Crippen LogP contribution < -0.4 is 0 Å². The van der Waals surface area contributed by atoms with E-state index in [4.69, 9.17) is 0 Å². The summed E-state index contributed by atoms with van der Waals surface area (Å²) in [5.41, 5.74) is -1.98. The van der Waals surface area contributed by atoms with E-state index in [0.29, 0.717) is 41.9 Å². The molecule has 0 bridgehead atoms. The van der Waals surface area contributed by atoms with Crippen LogP contribution in [-0.4, -0.2) is 44.3 Å². The first-order valence-corrected chi connectivity index (χ1v) is 11.4. The zero-order valence-electron chi connectivity index (χ0n) is 17.1. The Labute approximate surface area is 167 Å². The summed E-state index contributed by atoms with van der Waals surface area (Å²) in [4.78, 5) is 0. The summed E-state index contributed by atoms with van der Waals surface area (Å²) in [6.07, 6.45) is 6.06. The highest BCUT2D eigenvalue weighted by molar-refractivity contribution is 5.36. The third-order valence-electron chi connectivity index (χ3n) is 11.0. The van der Waals surface area contributed by atoms with Crippen LogP contribution in [-0.2, 0) is 0 Å². The molecule has 0 aromatic rings. The van der Waals surface area contributed by atoms with Crippen LogP contribution in [0, 0.1) is 64.1 Å². The minimum Gasteiger partial charge on any atom is -0.393 e. The van der Waals surface area contributed by atoms with Gasteiger partial charge < -0.3 is 20.4 Å². The molecule has 4 nitrogen and oxygen atoms in total. The quantitative estimate of drug-likeness (QED) is 0.480. The first kappa shape index (κ1) is 18.2. The van der Waals surface area contributed by atoms with E-state index in [1.807, 2.05) is 0 Å². The van der Waals surface area contributed by atoms with Gasteiger partial charge in [-0.2, -0.15) is 0 Å². The Balaban J connectivity index is 1.42. The van der Waals surface area contributed by atoms with Gasteiger partial charge in [-0.05, 0) is 79.4 Å². The predicted molar refractivity (Wildman–Crippen MR) is 104 cm³/mol. The summed E-state index contributed by atoms with van der Waals surface area (Å²) < 4.78 is 0. The average Bonchev–Trinajstić information content (AvgIpc) is 3.54. The molecular weight excluding hydrogens is 352 g/mol. The van der Waals surface area contributed by atoms with Gasteiger partial charge in [0.05, 0.1) is 11.7 Å². The Morgan fingerprint density at radius 1 is 0.929 bits per heavy atom. The highest BCUT2D eigenvalue weighted by atomic mass is 16.3. The standard InChI is InChI=1S/C24H34O4/c1-21-7-4-13(26)12-24(21,28)17-10-14(17)19-16(21)5-8-22(2)20(19)15-11-18(15)23(22,27)6-3-9-25/h13-20,25-28H,4-5,7-12H2,1-2H3/t13-,14?,15?,16?,17+,18-,19?,20?,21+,22-,23-,24+/m0/s1. The van der Waals surface area contributed by atoms with Crippen LogP contribution in [0.2, 0.25) is 0 Å². The highest BCUT2D eigenvalue weighted by Gasteiger charge is 2.81. The van der Waals surface area contributed by atoms with Crippen LogP contribution in [0.3, 0.4) is 0 Å². The van der Waals surface area contributed by atoms with Gasteiger partial charge in [0.25, 0.3) is 0 Å². The molecule has 0 amide bonds. The topological polar surface area (TPSA) is 80.9 Å². The zero-order valence-corrected chi connectivity index (χ0v) is 17.1. The number of aliphatic hydroxyl groups is 4. The third-order valence-corrected chi connectivity index (χ3v) is 11.0. The maximum Gasteiger partial charge on any atom is 0.134 e. The van der Waals surface area contributed by atoms with Crippen molar-refractivity contribution >= 4 is 0 Å². The molecule has 6 aliphatic rings. The van der Waals surface area contributed by atoms with E-state index < -0.39 is 11.2 Å². The molecule has 12 atom stereocenters. The van der Waals surface area contributed by atoms with Gasteiger partial charge in [0.15, 0.2) is 0 Å². The maximum absolute atomic E-state index is 11.8. The summed E-state index contributed by atoms with van der Waals surface area (Å²) in [7, 11) is 0. The molecule has 0 heterocycles. The molecule has 28 heavy (non-hydrogen) atoms. The highest BCUT2D eigenvalue weighted by Crippen LogP contribution is 2.81. The fourth-order valence-corrected chi connectivity index (χ4v) is 9.57. The van der Waals surface area contributed by atoms with E-state index in [9.17, 15) is 20.4 Å². The predicted octanol–water partition coefficient (Wildman–Crippen LogP) is 1.94. The van der Waals surface area contributed by atoms with E-state index in [0.717, 1.165) is 38.5 Å². The number of fused-ring (bicyclic) bond motifs is 10. The molecule has 6 rings (SSSR count). The lowest BCUT2D eigenvalue weighted by Crippen LogP contribution is -2.65. The number of rotatable bonds is 0. The second-order valence-corrected chi connectivity index (χ2v) is 11.6. The molecular formula is C24H34O4. The Morgan fingerprint density at radius 2 is 1.64 bits per heavy atom. The molecule has 0 aromatic heterocycles. The summed E-state index contributed by atoms with van der Waals surface area (Å²) in [5.74, 6) is 9.14. The van der Waals surface area contributed by atoms with Crippen molar-refractivity contribution < 1.29 is 20.4 Å². The van der Waals surface area contributed by atoms with E-state index in [1.54, 1.807) is 0 Å². The molecule has 0 aromatic carbocycles. The lowest BCUT2D eigenvalue weighted by Gasteiger charge is -2.64. The monoisotopic (exact) mass is 386 g/mol. The van der Waals surface area contributed by atoms with Crippen molar-refractivity contribution in [1.29, 1.82) is 0 Å². The molecule has 6 saturated carbocycles. The number of hydrogen-bond donors (Lipinski definition) is 4. The Kier molecular flexibility index (Phi) is 3.36.